The van der Waals surface area contributed by atoms with Crippen molar-refractivity contribution in [1.29, 1.82) is 0 Å². The molecule has 0 radical (unpaired) electrons. The Morgan fingerprint density at radius 2 is 1.40 bits per heavy atom. The summed E-state index contributed by atoms with van der Waals surface area (Å²) in [5.74, 6) is -4.86. The molecular weight excluding hydrogens is 597 g/mol. The molecule has 0 aromatic carbocycles. The first kappa shape index (κ1) is 44.6. The van der Waals surface area contributed by atoms with Gasteiger partial charge in [0.1, 0.15) is 30.5 Å². The predicted octanol–water partition coefficient (Wildman–Crippen LogP) is -0.562. The molecule has 45 heavy (non-hydrogen) atoms. The summed E-state index contributed by atoms with van der Waals surface area (Å²) >= 11 is 0. The van der Waals surface area contributed by atoms with E-state index in [9.17, 15) is 40.5 Å². The monoisotopic (exact) mass is 657 g/mol. The summed E-state index contributed by atoms with van der Waals surface area (Å²) in [4.78, 5) is 15.8. The van der Waals surface area contributed by atoms with Gasteiger partial charge in [-0.3, -0.25) is 4.99 Å². The Morgan fingerprint density at radius 3 is 1.84 bits per heavy atom. The van der Waals surface area contributed by atoms with Gasteiger partial charge < -0.3 is 50.0 Å². The zero-order valence-corrected chi connectivity index (χ0v) is 30.0. The molecule has 1 aliphatic heterocycles. The van der Waals surface area contributed by atoms with E-state index in [1.807, 2.05) is 0 Å². The number of aliphatic carboxylic acids is 1. The Balaban J connectivity index is 0.0000194. The molecule has 12 nitrogen and oxygen atoms in total. The molecule has 0 spiro atoms. The maximum atomic E-state index is 12.1. The largest absolute Gasteiger partial charge is 1.00 e. The Labute approximate surface area is 291 Å². The Hall–Kier alpha value is -0.380. The summed E-state index contributed by atoms with van der Waals surface area (Å²) in [6.07, 6.45) is 11.5. The molecule has 0 amide bonds. The quantitative estimate of drug-likeness (QED) is 0.0286. The fraction of sp³-hybridized carbons (Fsp3) is 0.938. The number of rotatable bonds is 27. The second-order valence-corrected chi connectivity index (χ2v) is 12.1. The van der Waals surface area contributed by atoms with Gasteiger partial charge in [-0.15, -0.1) is 0 Å². The van der Waals surface area contributed by atoms with Gasteiger partial charge in [0.25, 0.3) is 5.79 Å². The second-order valence-electron chi connectivity index (χ2n) is 12.1. The van der Waals surface area contributed by atoms with Gasteiger partial charge >= 0.3 is 35.5 Å². The Bertz CT molecular complexity index is 773. The summed E-state index contributed by atoms with van der Waals surface area (Å²) in [7, 11) is 0. The number of hydrogen-bond donors (Lipinski definition) is 6. The minimum atomic E-state index is -2.50. The van der Waals surface area contributed by atoms with Crippen molar-refractivity contribution in [2.75, 3.05) is 26.4 Å². The fourth-order valence-corrected chi connectivity index (χ4v) is 5.46. The number of carbonyl (C=O) groups is 1. The zero-order valence-electron chi connectivity index (χ0n) is 28.0. The molecule has 7 atom stereocenters. The van der Waals surface area contributed by atoms with E-state index in [1.165, 1.54) is 83.5 Å². The van der Waals surface area contributed by atoms with Crippen molar-refractivity contribution in [3.63, 3.8) is 0 Å². The van der Waals surface area contributed by atoms with Crippen LogP contribution in [0.25, 0.3) is 0 Å². The first-order valence-electron chi connectivity index (χ1n) is 16.7. The molecular formula is C32H60NNaO11. The van der Waals surface area contributed by atoms with E-state index in [4.69, 9.17) is 14.2 Å². The third-order valence-corrected chi connectivity index (χ3v) is 8.07. The molecule has 0 saturated carbocycles. The van der Waals surface area contributed by atoms with Crippen LogP contribution in [0.4, 0.5) is 0 Å². The van der Waals surface area contributed by atoms with Gasteiger partial charge in [-0.1, -0.05) is 103 Å². The first-order chi connectivity index (χ1) is 21.1. The van der Waals surface area contributed by atoms with Crippen LogP contribution in [-0.4, -0.2) is 111 Å². The van der Waals surface area contributed by atoms with Crippen LogP contribution >= 0.6 is 0 Å². The Morgan fingerprint density at radius 1 is 0.911 bits per heavy atom. The smallest absolute Gasteiger partial charge is 0.862 e. The number of aliphatic imine (C=N–C) groups is 1. The van der Waals surface area contributed by atoms with Crippen LogP contribution in [0.15, 0.2) is 4.99 Å². The minimum Gasteiger partial charge on any atom is -0.862 e. The number of hydrogen-bond acceptors (Lipinski definition) is 11. The van der Waals surface area contributed by atoms with Crippen LogP contribution in [0.3, 0.4) is 0 Å². The van der Waals surface area contributed by atoms with Crippen LogP contribution in [0.2, 0.25) is 0 Å². The topological polar surface area (TPSA) is 202 Å². The number of aliphatic hydroxyl groups excluding tert-OH is 5. The molecule has 1 rings (SSSR count). The third kappa shape index (κ3) is 18.7. The number of ether oxygens (including phenoxy) is 3. The van der Waals surface area contributed by atoms with Crippen molar-refractivity contribution in [3.05, 3.63) is 0 Å². The number of unbranched alkanes of at least 4 members (excludes halogenated alkanes) is 15. The molecule has 13 heteroatoms. The van der Waals surface area contributed by atoms with E-state index in [2.05, 4.69) is 11.9 Å². The molecule has 0 bridgehead atoms. The normalized spacial score (nSPS) is 24.2. The maximum Gasteiger partial charge on any atom is 1.00 e. The average Bonchev–Trinajstić information content (AvgIpc) is 2.99. The molecule has 1 saturated heterocycles. The molecule has 1 heterocycles. The van der Waals surface area contributed by atoms with Crippen LogP contribution in [0.1, 0.15) is 123 Å². The SMILES string of the molecule is CCCCCCCCCCCCCCCCCCOCC(O)CO[C@]1(C(=O)O)C[C@H](O)[C@@H](N=C(C)[O-])[C@H]([C@H](O)[C@H](O)CO)O1.[Na+]. The van der Waals surface area contributed by atoms with E-state index < -0.39 is 73.9 Å². The second kappa shape index (κ2) is 26.6. The van der Waals surface area contributed by atoms with E-state index in [1.54, 1.807) is 0 Å². The molecule has 0 aromatic heterocycles. The zero-order chi connectivity index (χ0) is 32.8. The maximum absolute atomic E-state index is 12.1. The third-order valence-electron chi connectivity index (χ3n) is 8.07. The van der Waals surface area contributed by atoms with Crippen LogP contribution in [0.5, 0.6) is 0 Å². The van der Waals surface area contributed by atoms with E-state index in [0.29, 0.717) is 6.61 Å². The number of carboxylic acids is 1. The molecule has 1 unspecified atom stereocenters. The number of nitrogens with zero attached hydrogens (tertiary/aromatic N) is 1. The molecule has 1 fully saturated rings. The average molecular weight is 658 g/mol. The molecule has 0 aromatic rings. The van der Waals surface area contributed by atoms with Gasteiger partial charge in [0.15, 0.2) is 0 Å². The summed E-state index contributed by atoms with van der Waals surface area (Å²) < 4.78 is 16.4. The summed E-state index contributed by atoms with van der Waals surface area (Å²) in [5, 5.41) is 71.8. The van der Waals surface area contributed by atoms with Crippen LogP contribution < -0.4 is 34.7 Å². The van der Waals surface area contributed by atoms with Gasteiger partial charge in [-0.2, -0.15) is 0 Å². The van der Waals surface area contributed by atoms with Gasteiger partial charge in [-0.05, 0) is 19.2 Å². The van der Waals surface area contributed by atoms with Crippen molar-refractivity contribution >= 4 is 11.9 Å². The van der Waals surface area contributed by atoms with Crippen molar-refractivity contribution < 1.29 is 84.3 Å². The fourth-order valence-electron chi connectivity index (χ4n) is 5.46. The van der Waals surface area contributed by atoms with Gasteiger partial charge in [-0.25, -0.2) is 4.79 Å². The number of aliphatic hydroxyl groups is 5. The van der Waals surface area contributed by atoms with Gasteiger partial charge in [0.2, 0.25) is 0 Å². The minimum absolute atomic E-state index is 0. The van der Waals surface area contributed by atoms with Crippen LogP contribution in [-0.2, 0) is 19.0 Å². The predicted molar refractivity (Wildman–Crippen MR) is 164 cm³/mol. The summed E-state index contributed by atoms with van der Waals surface area (Å²) in [5.41, 5.74) is 0. The van der Waals surface area contributed by atoms with Crippen molar-refractivity contribution in [2.24, 2.45) is 4.99 Å². The molecule has 260 valence electrons. The van der Waals surface area contributed by atoms with Crippen LogP contribution in [0, 0.1) is 0 Å². The van der Waals surface area contributed by atoms with Gasteiger partial charge in [0, 0.05) is 13.0 Å². The van der Waals surface area contributed by atoms with Crippen molar-refractivity contribution in [2.45, 2.75) is 165 Å². The number of carboxylic acid groups (broad SMARTS) is 1. The van der Waals surface area contributed by atoms with Crippen molar-refractivity contribution in [1.82, 2.24) is 0 Å². The van der Waals surface area contributed by atoms with Crippen molar-refractivity contribution in [3.8, 4) is 0 Å². The molecule has 6 N–H and O–H groups in total. The summed E-state index contributed by atoms with van der Waals surface area (Å²) in [6, 6.07) is -1.41. The van der Waals surface area contributed by atoms with E-state index in [-0.39, 0.29) is 36.2 Å². The molecule has 0 aliphatic carbocycles. The summed E-state index contributed by atoms with van der Waals surface area (Å²) in [6.45, 7) is 2.29. The van der Waals surface area contributed by atoms with E-state index >= 15 is 0 Å². The first-order valence-corrected chi connectivity index (χ1v) is 16.7. The Kier molecular flexibility index (Phi) is 26.3. The van der Waals surface area contributed by atoms with E-state index in [0.717, 1.165) is 26.2 Å². The standard InChI is InChI=1S/C32H61NO11.Na/c1-3-4-5-6-7-8-9-10-11-12-13-14-15-16-17-18-19-42-22-25(36)23-43-32(31(40)41)20-26(37)28(33-24(2)35)30(44-32)29(39)27(38)21-34;/h25-30,34,36-39H,3-23H2,1-2H3,(H,33,35)(H,40,41);/q;+1/p-1/t25?,26-,27+,28+,29+,30+,32+;/m0./s1. The molecule has 1 aliphatic rings. The van der Waals surface area contributed by atoms with Gasteiger partial charge in [0.05, 0.1) is 25.9 Å².